The molecule has 1 saturated heterocycles. The molecule has 20 heavy (non-hydrogen) atoms. The number of thioether (sulfide) groups is 1. The largest absolute Gasteiger partial charge is 0.324 e. The van der Waals surface area contributed by atoms with Crippen LogP contribution in [0.5, 0.6) is 0 Å². The summed E-state index contributed by atoms with van der Waals surface area (Å²) in [4.78, 5) is 9.32. The number of nitro benzene ring substituents is 1. The second-order valence-electron chi connectivity index (χ2n) is 4.38. The summed E-state index contributed by atoms with van der Waals surface area (Å²) >= 11 is 1.62. The minimum Gasteiger partial charge on any atom is -0.258 e. The van der Waals surface area contributed by atoms with Crippen molar-refractivity contribution in [3.63, 3.8) is 0 Å². The van der Waals surface area contributed by atoms with Crippen LogP contribution < -0.4 is 0 Å². The molecular formula is C11H13FN2O4S2. The number of nitrogens with zero attached hydrogens (tertiary/aromatic N) is 2. The van der Waals surface area contributed by atoms with Crippen LogP contribution in [0.15, 0.2) is 23.1 Å². The molecule has 0 radical (unpaired) electrons. The van der Waals surface area contributed by atoms with Gasteiger partial charge in [0.15, 0.2) is 4.90 Å². The predicted octanol–water partition coefficient (Wildman–Crippen LogP) is 1.86. The molecule has 1 atom stereocenters. The van der Waals surface area contributed by atoms with Crippen LogP contribution in [-0.2, 0) is 10.0 Å². The Morgan fingerprint density at radius 3 is 2.75 bits per heavy atom. The molecule has 110 valence electrons. The Bertz CT molecular complexity index is 629. The van der Waals surface area contributed by atoms with Crippen LogP contribution in [-0.4, -0.2) is 42.2 Å². The minimum atomic E-state index is -4.08. The van der Waals surface area contributed by atoms with Crippen molar-refractivity contribution in [2.45, 2.75) is 17.4 Å². The summed E-state index contributed by atoms with van der Waals surface area (Å²) in [5.74, 6) is 0.333. The van der Waals surface area contributed by atoms with Gasteiger partial charge in [0, 0.05) is 18.8 Å². The molecule has 1 heterocycles. The topological polar surface area (TPSA) is 80.5 Å². The van der Waals surface area contributed by atoms with Crippen LogP contribution in [0.1, 0.15) is 6.42 Å². The molecule has 2 rings (SSSR count). The molecule has 0 aliphatic carbocycles. The molecule has 6 nitrogen and oxygen atoms in total. The Morgan fingerprint density at radius 1 is 1.50 bits per heavy atom. The zero-order chi connectivity index (χ0) is 14.9. The lowest BCUT2D eigenvalue weighted by molar-refractivity contribution is -0.390. The molecule has 0 spiro atoms. The van der Waals surface area contributed by atoms with E-state index in [1.807, 2.05) is 0 Å². The van der Waals surface area contributed by atoms with E-state index in [1.54, 1.807) is 11.8 Å². The van der Waals surface area contributed by atoms with Crippen molar-refractivity contribution < 1.29 is 17.7 Å². The number of halogens is 1. The summed E-state index contributed by atoms with van der Waals surface area (Å²) in [6.07, 6.45) is 0.684. The predicted molar refractivity (Wildman–Crippen MR) is 73.7 cm³/mol. The molecule has 9 heteroatoms. The highest BCUT2D eigenvalue weighted by Gasteiger charge is 2.36. The second kappa shape index (κ2) is 5.66. The van der Waals surface area contributed by atoms with E-state index in [1.165, 1.54) is 7.05 Å². The Morgan fingerprint density at radius 2 is 2.20 bits per heavy atom. The molecule has 1 aromatic carbocycles. The SMILES string of the molecule is CN(C1CCSC1)S(=O)(=O)c1cccc(F)c1[N+](=O)[O-]. The third-order valence-electron chi connectivity index (χ3n) is 3.21. The van der Waals surface area contributed by atoms with E-state index >= 15 is 0 Å². The van der Waals surface area contributed by atoms with Gasteiger partial charge < -0.3 is 0 Å². The van der Waals surface area contributed by atoms with Crippen LogP contribution >= 0.6 is 11.8 Å². The summed E-state index contributed by atoms with van der Waals surface area (Å²) in [7, 11) is -2.71. The van der Waals surface area contributed by atoms with Crippen molar-refractivity contribution in [3.8, 4) is 0 Å². The van der Waals surface area contributed by atoms with Gasteiger partial charge in [-0.2, -0.15) is 20.5 Å². The van der Waals surface area contributed by atoms with Gasteiger partial charge in [0.25, 0.3) is 0 Å². The highest BCUT2D eigenvalue weighted by molar-refractivity contribution is 7.99. The standard InChI is InChI=1S/C11H13FN2O4S2/c1-13(8-5-6-19-7-8)20(17,18)10-4-2-3-9(12)11(10)14(15)16/h2-4,8H,5-7H2,1H3. The minimum absolute atomic E-state index is 0.215. The summed E-state index contributed by atoms with van der Waals surface area (Å²) in [5, 5.41) is 10.9. The Kier molecular flexibility index (Phi) is 4.31. The van der Waals surface area contributed by atoms with Crippen LogP contribution in [0.2, 0.25) is 0 Å². The van der Waals surface area contributed by atoms with Gasteiger partial charge in [-0.15, -0.1) is 0 Å². The van der Waals surface area contributed by atoms with Crippen LogP contribution in [0.25, 0.3) is 0 Å². The molecule has 1 aliphatic heterocycles. The lowest BCUT2D eigenvalue weighted by Crippen LogP contribution is -2.37. The fourth-order valence-electron chi connectivity index (χ4n) is 2.04. The van der Waals surface area contributed by atoms with Crippen LogP contribution in [0.3, 0.4) is 0 Å². The third kappa shape index (κ3) is 2.65. The fourth-order valence-corrected chi connectivity index (χ4v) is 4.95. The highest BCUT2D eigenvalue weighted by atomic mass is 32.2. The summed E-state index contributed by atoms with van der Waals surface area (Å²) < 4.78 is 39.5. The smallest absolute Gasteiger partial charge is 0.258 e. The molecule has 1 fully saturated rings. The van der Waals surface area contributed by atoms with E-state index in [2.05, 4.69) is 0 Å². The first-order valence-electron chi connectivity index (χ1n) is 5.84. The van der Waals surface area contributed by atoms with Gasteiger partial charge in [-0.05, 0) is 24.3 Å². The van der Waals surface area contributed by atoms with Crippen molar-refractivity contribution >= 4 is 27.5 Å². The first-order chi connectivity index (χ1) is 9.35. The number of para-hydroxylation sites is 1. The first kappa shape index (κ1) is 15.2. The number of hydrogen-bond donors (Lipinski definition) is 0. The van der Waals surface area contributed by atoms with Crippen molar-refractivity contribution in [2.75, 3.05) is 18.6 Å². The van der Waals surface area contributed by atoms with Crippen LogP contribution in [0.4, 0.5) is 10.1 Å². The molecule has 0 amide bonds. The Hall–Kier alpha value is -1.19. The average Bonchev–Trinajstić information content (AvgIpc) is 2.90. The van der Waals surface area contributed by atoms with Crippen molar-refractivity contribution in [2.24, 2.45) is 0 Å². The summed E-state index contributed by atoms with van der Waals surface area (Å²) in [6, 6.07) is 2.89. The van der Waals surface area contributed by atoms with Crippen molar-refractivity contribution in [3.05, 3.63) is 34.1 Å². The van der Waals surface area contributed by atoms with Crippen LogP contribution in [0, 0.1) is 15.9 Å². The lowest BCUT2D eigenvalue weighted by atomic mass is 10.3. The highest BCUT2D eigenvalue weighted by Crippen LogP contribution is 2.32. The van der Waals surface area contributed by atoms with Gasteiger partial charge in [0.05, 0.1) is 4.92 Å². The van der Waals surface area contributed by atoms with Gasteiger partial charge in [-0.25, -0.2) is 8.42 Å². The van der Waals surface area contributed by atoms with E-state index < -0.39 is 31.3 Å². The number of benzene rings is 1. The molecular weight excluding hydrogens is 307 g/mol. The summed E-state index contributed by atoms with van der Waals surface area (Å²) in [5.41, 5.74) is -0.995. The van der Waals surface area contributed by atoms with Crippen molar-refractivity contribution in [1.29, 1.82) is 0 Å². The average molecular weight is 320 g/mol. The fraction of sp³-hybridized carbons (Fsp3) is 0.455. The van der Waals surface area contributed by atoms with E-state index in [-0.39, 0.29) is 6.04 Å². The zero-order valence-corrected chi connectivity index (χ0v) is 12.3. The quantitative estimate of drug-likeness (QED) is 0.625. The number of rotatable bonds is 4. The first-order valence-corrected chi connectivity index (χ1v) is 8.44. The van der Waals surface area contributed by atoms with Crippen molar-refractivity contribution in [1.82, 2.24) is 4.31 Å². The molecule has 0 bridgehead atoms. The Labute approximate surface area is 120 Å². The normalized spacial score (nSPS) is 19.4. The molecule has 0 N–H and O–H groups in total. The van der Waals surface area contributed by atoms with Gasteiger partial charge in [-0.1, -0.05) is 6.07 Å². The second-order valence-corrected chi connectivity index (χ2v) is 7.50. The van der Waals surface area contributed by atoms with E-state index in [0.717, 1.165) is 28.3 Å². The maximum Gasteiger partial charge on any atom is 0.324 e. The van der Waals surface area contributed by atoms with Gasteiger partial charge in [-0.3, -0.25) is 10.1 Å². The molecule has 1 aromatic rings. The maximum absolute atomic E-state index is 13.5. The molecule has 0 aromatic heterocycles. The monoisotopic (exact) mass is 320 g/mol. The zero-order valence-electron chi connectivity index (χ0n) is 10.7. The number of sulfonamides is 1. The maximum atomic E-state index is 13.5. The Balaban J connectivity index is 2.49. The lowest BCUT2D eigenvalue weighted by Gasteiger charge is -2.22. The molecule has 1 unspecified atom stereocenters. The summed E-state index contributed by atoms with van der Waals surface area (Å²) in [6.45, 7) is 0. The molecule has 1 aliphatic rings. The third-order valence-corrected chi connectivity index (χ3v) is 6.30. The van der Waals surface area contributed by atoms with E-state index in [0.29, 0.717) is 12.2 Å². The van der Waals surface area contributed by atoms with Gasteiger partial charge in [0.2, 0.25) is 15.8 Å². The van der Waals surface area contributed by atoms with E-state index in [9.17, 15) is 22.9 Å². The van der Waals surface area contributed by atoms with Gasteiger partial charge >= 0.3 is 5.69 Å². The van der Waals surface area contributed by atoms with Gasteiger partial charge in [0.1, 0.15) is 0 Å². The van der Waals surface area contributed by atoms with E-state index in [4.69, 9.17) is 0 Å². The number of hydrogen-bond acceptors (Lipinski definition) is 5. The number of nitro groups is 1. The molecule has 0 saturated carbocycles.